The molecule has 2 aliphatic rings. The summed E-state index contributed by atoms with van der Waals surface area (Å²) >= 11 is 0. The van der Waals surface area contributed by atoms with Gasteiger partial charge in [0.05, 0.1) is 19.3 Å². The lowest BCUT2D eigenvalue weighted by Gasteiger charge is -2.26. The molecule has 0 spiro atoms. The Labute approximate surface area is 167 Å². The van der Waals surface area contributed by atoms with E-state index in [0.29, 0.717) is 18.4 Å². The minimum atomic E-state index is -4.08. The van der Waals surface area contributed by atoms with E-state index in [-0.39, 0.29) is 43.7 Å². The first-order valence-electron chi connectivity index (χ1n) is 9.33. The van der Waals surface area contributed by atoms with Crippen molar-refractivity contribution in [3.63, 3.8) is 0 Å². The first-order valence-corrected chi connectivity index (χ1v) is 10.8. The van der Waals surface area contributed by atoms with Gasteiger partial charge in [-0.15, -0.1) is 0 Å². The van der Waals surface area contributed by atoms with Crippen molar-refractivity contribution in [2.75, 3.05) is 26.3 Å². The van der Waals surface area contributed by atoms with Crippen molar-refractivity contribution >= 4 is 15.9 Å². The van der Waals surface area contributed by atoms with Gasteiger partial charge in [-0.3, -0.25) is 4.79 Å². The Hall–Kier alpha value is -2.36. The highest BCUT2D eigenvalue weighted by Crippen LogP contribution is 2.32. The number of aryl methyl sites for hydroxylation is 1. The molecule has 9 heteroatoms. The van der Waals surface area contributed by atoms with Gasteiger partial charge in [-0.1, -0.05) is 6.07 Å². The molecule has 4 rings (SSSR count). The number of nitrogens with zero attached hydrogens (tertiary/aromatic N) is 1. The lowest BCUT2D eigenvalue weighted by Crippen LogP contribution is -2.41. The summed E-state index contributed by atoms with van der Waals surface area (Å²) in [6, 6.07) is 7.36. The predicted octanol–water partition coefficient (Wildman–Crippen LogP) is 2.40. The van der Waals surface area contributed by atoms with Gasteiger partial charge in [0.2, 0.25) is 10.0 Å². The number of amides is 1. The number of morpholine rings is 1. The molecule has 1 heterocycles. The summed E-state index contributed by atoms with van der Waals surface area (Å²) in [5, 5.41) is 2.80. The third kappa shape index (κ3) is 3.90. The number of carbonyl (C=O) groups is 1. The molecule has 0 aromatic heterocycles. The second kappa shape index (κ2) is 7.81. The van der Waals surface area contributed by atoms with Crippen LogP contribution in [-0.2, 0) is 21.2 Å². The predicted molar refractivity (Wildman–Crippen MR) is 101 cm³/mol. The molecule has 2 aromatic carbocycles. The minimum absolute atomic E-state index is 0.0306. The smallest absolute Gasteiger partial charge is 0.251 e. The Balaban J connectivity index is 1.58. The van der Waals surface area contributed by atoms with Crippen LogP contribution in [-0.4, -0.2) is 44.9 Å². The Bertz CT molecular complexity index is 1050. The third-order valence-corrected chi connectivity index (χ3v) is 7.19. The molecule has 1 aliphatic heterocycles. The van der Waals surface area contributed by atoms with Crippen LogP contribution in [0.4, 0.5) is 8.78 Å². The highest BCUT2D eigenvalue weighted by atomic mass is 32.2. The van der Waals surface area contributed by atoms with Crippen LogP contribution in [0.1, 0.15) is 33.9 Å². The van der Waals surface area contributed by atoms with Crippen molar-refractivity contribution in [2.24, 2.45) is 0 Å². The number of ether oxygens (including phenoxy) is 1. The highest BCUT2D eigenvalue weighted by Gasteiger charge is 2.30. The summed E-state index contributed by atoms with van der Waals surface area (Å²) in [6.45, 7) is 0.725. The van der Waals surface area contributed by atoms with Gasteiger partial charge >= 0.3 is 0 Å². The quantitative estimate of drug-likeness (QED) is 0.821. The van der Waals surface area contributed by atoms with E-state index in [1.807, 2.05) is 0 Å². The van der Waals surface area contributed by atoms with Crippen LogP contribution < -0.4 is 5.32 Å². The number of fused-ring (bicyclic) bond motifs is 1. The number of hydrogen-bond donors (Lipinski definition) is 1. The molecule has 2 aromatic rings. The SMILES string of the molecule is O=C(NC1CCc2ccc(F)cc21)c1ccc(F)c(S(=O)(=O)N2CCOCC2)c1. The second-order valence-electron chi connectivity index (χ2n) is 7.07. The zero-order valence-corrected chi connectivity index (χ0v) is 16.3. The van der Waals surface area contributed by atoms with Crippen molar-refractivity contribution in [3.05, 3.63) is 64.7 Å². The van der Waals surface area contributed by atoms with Crippen molar-refractivity contribution in [1.82, 2.24) is 9.62 Å². The lowest BCUT2D eigenvalue weighted by atomic mass is 10.1. The molecular formula is C20H20F2N2O4S. The van der Waals surface area contributed by atoms with Gasteiger partial charge in [0.25, 0.3) is 5.91 Å². The van der Waals surface area contributed by atoms with E-state index in [4.69, 9.17) is 4.74 Å². The van der Waals surface area contributed by atoms with E-state index in [1.165, 1.54) is 18.2 Å². The number of sulfonamides is 1. The maximum absolute atomic E-state index is 14.3. The van der Waals surface area contributed by atoms with Crippen molar-refractivity contribution in [2.45, 2.75) is 23.8 Å². The van der Waals surface area contributed by atoms with E-state index in [9.17, 15) is 22.0 Å². The fourth-order valence-corrected chi connectivity index (χ4v) is 5.23. The lowest BCUT2D eigenvalue weighted by molar-refractivity contribution is 0.0729. The molecule has 1 unspecified atom stereocenters. The number of carbonyl (C=O) groups excluding carboxylic acids is 1. The standard InChI is InChI=1S/C20H20F2N2O4S/c21-15-4-1-13-3-6-18(16(13)12-15)23-20(25)14-2-5-17(22)19(11-14)29(26,27)24-7-9-28-10-8-24/h1-2,4-5,11-12,18H,3,6-10H2,(H,23,25). The first-order chi connectivity index (χ1) is 13.9. The number of rotatable bonds is 4. The average Bonchev–Trinajstić information content (AvgIpc) is 3.10. The number of hydrogen-bond acceptors (Lipinski definition) is 4. The molecule has 1 aliphatic carbocycles. The summed E-state index contributed by atoms with van der Waals surface area (Å²) < 4.78 is 59.7. The summed E-state index contributed by atoms with van der Waals surface area (Å²) in [6.07, 6.45) is 1.32. The minimum Gasteiger partial charge on any atom is -0.379 e. The van der Waals surface area contributed by atoms with E-state index in [2.05, 4.69) is 5.32 Å². The molecule has 0 radical (unpaired) electrons. The Morgan fingerprint density at radius 2 is 1.86 bits per heavy atom. The van der Waals surface area contributed by atoms with Crippen LogP contribution >= 0.6 is 0 Å². The number of halogens is 2. The Morgan fingerprint density at radius 3 is 2.62 bits per heavy atom. The summed E-state index contributed by atoms with van der Waals surface area (Å²) in [7, 11) is -4.08. The van der Waals surface area contributed by atoms with Crippen molar-refractivity contribution < 1.29 is 26.7 Å². The molecule has 154 valence electrons. The van der Waals surface area contributed by atoms with Gasteiger partial charge in [-0.05, 0) is 54.3 Å². The van der Waals surface area contributed by atoms with Crippen molar-refractivity contribution in [3.8, 4) is 0 Å². The highest BCUT2D eigenvalue weighted by molar-refractivity contribution is 7.89. The number of benzene rings is 2. The van der Waals surface area contributed by atoms with Gasteiger partial charge in [-0.2, -0.15) is 4.31 Å². The molecule has 0 saturated carbocycles. The fourth-order valence-electron chi connectivity index (χ4n) is 3.73. The summed E-state index contributed by atoms with van der Waals surface area (Å²) in [4.78, 5) is 12.2. The van der Waals surface area contributed by atoms with Crippen LogP contribution in [0.5, 0.6) is 0 Å². The largest absolute Gasteiger partial charge is 0.379 e. The van der Waals surface area contributed by atoms with Gasteiger partial charge < -0.3 is 10.1 Å². The van der Waals surface area contributed by atoms with Crippen LogP contribution in [0, 0.1) is 11.6 Å². The molecular weight excluding hydrogens is 402 g/mol. The average molecular weight is 422 g/mol. The normalized spacial score (nSPS) is 19.7. The third-order valence-electron chi connectivity index (χ3n) is 5.27. The fraction of sp³-hybridized carbons (Fsp3) is 0.350. The molecule has 29 heavy (non-hydrogen) atoms. The molecule has 1 amide bonds. The maximum Gasteiger partial charge on any atom is 0.251 e. The molecule has 0 bridgehead atoms. The van der Waals surface area contributed by atoms with Gasteiger partial charge in [-0.25, -0.2) is 17.2 Å². The Kier molecular flexibility index (Phi) is 5.37. The zero-order valence-electron chi connectivity index (χ0n) is 15.5. The van der Waals surface area contributed by atoms with Crippen LogP contribution in [0.15, 0.2) is 41.3 Å². The zero-order chi connectivity index (χ0) is 20.6. The van der Waals surface area contributed by atoms with E-state index < -0.39 is 26.6 Å². The second-order valence-corrected chi connectivity index (χ2v) is 8.98. The van der Waals surface area contributed by atoms with Crippen LogP contribution in [0.25, 0.3) is 0 Å². The number of nitrogens with one attached hydrogen (secondary N) is 1. The molecule has 1 atom stereocenters. The summed E-state index contributed by atoms with van der Waals surface area (Å²) in [5.41, 5.74) is 1.70. The molecule has 6 nitrogen and oxygen atoms in total. The van der Waals surface area contributed by atoms with Crippen molar-refractivity contribution in [1.29, 1.82) is 0 Å². The van der Waals surface area contributed by atoms with Gasteiger partial charge in [0.1, 0.15) is 16.5 Å². The topological polar surface area (TPSA) is 75.7 Å². The van der Waals surface area contributed by atoms with E-state index in [1.54, 1.807) is 6.07 Å². The van der Waals surface area contributed by atoms with Crippen LogP contribution in [0.2, 0.25) is 0 Å². The molecule has 1 saturated heterocycles. The summed E-state index contributed by atoms with van der Waals surface area (Å²) in [5.74, 6) is -1.84. The van der Waals surface area contributed by atoms with Crippen LogP contribution in [0.3, 0.4) is 0 Å². The van der Waals surface area contributed by atoms with Gasteiger partial charge in [0.15, 0.2) is 0 Å². The maximum atomic E-state index is 14.3. The first kappa shape index (κ1) is 19.9. The monoisotopic (exact) mass is 422 g/mol. The molecule has 1 fully saturated rings. The van der Waals surface area contributed by atoms with E-state index in [0.717, 1.165) is 22.0 Å². The molecule has 1 N–H and O–H groups in total. The van der Waals surface area contributed by atoms with Gasteiger partial charge in [0, 0.05) is 18.7 Å². The van der Waals surface area contributed by atoms with E-state index >= 15 is 0 Å². The Morgan fingerprint density at radius 1 is 1.10 bits per heavy atom.